The van der Waals surface area contributed by atoms with Crippen LogP contribution in [0.4, 0.5) is 5.69 Å². The van der Waals surface area contributed by atoms with Gasteiger partial charge in [-0.15, -0.1) is 0 Å². The zero-order valence-electron chi connectivity index (χ0n) is 18.4. The first-order chi connectivity index (χ1) is 16.1. The molecule has 0 saturated heterocycles. The van der Waals surface area contributed by atoms with Crippen molar-refractivity contribution in [2.75, 3.05) is 18.2 Å². The van der Waals surface area contributed by atoms with Gasteiger partial charge in [-0.25, -0.2) is 4.98 Å². The summed E-state index contributed by atoms with van der Waals surface area (Å²) in [5.74, 6) is 0.930. The van der Waals surface area contributed by atoms with E-state index in [-0.39, 0.29) is 11.7 Å². The van der Waals surface area contributed by atoms with Gasteiger partial charge < -0.3 is 10.1 Å². The lowest BCUT2D eigenvalue weighted by molar-refractivity contribution is -0.113. The molecule has 1 amide bonds. The van der Waals surface area contributed by atoms with Crippen molar-refractivity contribution < 1.29 is 9.53 Å². The lowest BCUT2D eigenvalue weighted by atomic mass is 10.1. The van der Waals surface area contributed by atoms with Crippen LogP contribution in [0.5, 0.6) is 5.75 Å². The highest BCUT2D eigenvalue weighted by Crippen LogP contribution is 2.31. The Labute approximate surface area is 202 Å². The van der Waals surface area contributed by atoms with Gasteiger partial charge in [-0.3, -0.25) is 9.36 Å². The Kier molecular flexibility index (Phi) is 7.37. The molecule has 1 aromatic heterocycles. The predicted octanol–water partition coefficient (Wildman–Crippen LogP) is 6.49. The fraction of sp³-hybridized carbons (Fsp3) is 0.154. The SMILES string of the molecule is CCc1ccc(NC(=O)CSc2ncc(-c3ccc(Cl)cc3)n2-c2ccc(OC)cc2)cc1. The van der Waals surface area contributed by atoms with E-state index in [4.69, 9.17) is 16.3 Å². The summed E-state index contributed by atoms with van der Waals surface area (Å²) in [5.41, 5.74) is 4.85. The van der Waals surface area contributed by atoms with Gasteiger partial charge in [-0.2, -0.15) is 0 Å². The van der Waals surface area contributed by atoms with E-state index in [1.54, 1.807) is 7.11 Å². The molecule has 4 aromatic rings. The van der Waals surface area contributed by atoms with E-state index >= 15 is 0 Å². The number of carbonyl (C=O) groups excluding carboxylic acids is 1. The highest BCUT2D eigenvalue weighted by Gasteiger charge is 2.16. The molecule has 0 saturated carbocycles. The zero-order valence-corrected chi connectivity index (χ0v) is 20.0. The van der Waals surface area contributed by atoms with Crippen molar-refractivity contribution in [2.24, 2.45) is 0 Å². The standard InChI is InChI=1S/C26H24ClN3O2S/c1-3-18-4-10-21(11-5-18)29-25(31)17-33-26-28-16-24(19-6-8-20(27)9-7-19)30(26)22-12-14-23(32-2)15-13-22/h4-16H,3,17H2,1-2H3,(H,29,31). The van der Waals surface area contributed by atoms with E-state index < -0.39 is 0 Å². The average Bonchev–Trinajstić information content (AvgIpc) is 3.27. The van der Waals surface area contributed by atoms with Crippen molar-refractivity contribution in [3.8, 4) is 22.7 Å². The largest absolute Gasteiger partial charge is 0.497 e. The number of aromatic nitrogens is 2. The second kappa shape index (κ2) is 10.6. The predicted molar refractivity (Wildman–Crippen MR) is 136 cm³/mol. The molecule has 0 radical (unpaired) electrons. The van der Waals surface area contributed by atoms with Crippen molar-refractivity contribution in [3.63, 3.8) is 0 Å². The molecular weight excluding hydrogens is 454 g/mol. The summed E-state index contributed by atoms with van der Waals surface area (Å²) >= 11 is 7.47. The highest BCUT2D eigenvalue weighted by molar-refractivity contribution is 7.99. The summed E-state index contributed by atoms with van der Waals surface area (Å²) in [7, 11) is 1.64. The third-order valence-electron chi connectivity index (χ3n) is 5.18. The molecule has 7 heteroatoms. The highest BCUT2D eigenvalue weighted by atomic mass is 35.5. The van der Waals surface area contributed by atoms with Crippen molar-refractivity contribution in [2.45, 2.75) is 18.5 Å². The fourth-order valence-electron chi connectivity index (χ4n) is 3.39. The van der Waals surface area contributed by atoms with Gasteiger partial charge in [0.15, 0.2) is 5.16 Å². The normalized spacial score (nSPS) is 10.8. The molecule has 0 aliphatic heterocycles. The van der Waals surface area contributed by atoms with Crippen LogP contribution in [0.15, 0.2) is 84.1 Å². The van der Waals surface area contributed by atoms with Crippen molar-refractivity contribution >= 4 is 35.0 Å². The Morgan fingerprint density at radius 1 is 1.03 bits per heavy atom. The van der Waals surface area contributed by atoms with E-state index in [2.05, 4.69) is 17.2 Å². The van der Waals surface area contributed by atoms with Crippen LogP contribution in [-0.2, 0) is 11.2 Å². The number of anilines is 1. The average molecular weight is 478 g/mol. The minimum atomic E-state index is -0.0819. The second-order valence-corrected chi connectivity index (χ2v) is 8.73. The minimum absolute atomic E-state index is 0.0819. The summed E-state index contributed by atoms with van der Waals surface area (Å²) < 4.78 is 7.34. The lowest BCUT2D eigenvalue weighted by Crippen LogP contribution is -2.14. The number of hydrogen-bond donors (Lipinski definition) is 1. The molecule has 0 spiro atoms. The molecular formula is C26H24ClN3O2S. The van der Waals surface area contributed by atoms with Gasteiger partial charge in [-0.1, -0.05) is 54.6 Å². The number of thioether (sulfide) groups is 1. The molecule has 1 N–H and O–H groups in total. The Morgan fingerprint density at radius 2 is 1.73 bits per heavy atom. The lowest BCUT2D eigenvalue weighted by Gasteiger charge is -2.13. The Morgan fingerprint density at radius 3 is 2.36 bits per heavy atom. The van der Waals surface area contributed by atoms with E-state index in [0.717, 1.165) is 40.0 Å². The van der Waals surface area contributed by atoms with Crippen LogP contribution in [0.2, 0.25) is 5.02 Å². The maximum Gasteiger partial charge on any atom is 0.234 e. The van der Waals surface area contributed by atoms with Gasteiger partial charge in [0.2, 0.25) is 5.91 Å². The van der Waals surface area contributed by atoms with Crippen LogP contribution >= 0.6 is 23.4 Å². The van der Waals surface area contributed by atoms with Gasteiger partial charge in [0.1, 0.15) is 5.75 Å². The number of rotatable bonds is 8. The number of aryl methyl sites for hydroxylation is 1. The van der Waals surface area contributed by atoms with Crippen LogP contribution in [0, 0.1) is 0 Å². The Bertz CT molecular complexity index is 1220. The van der Waals surface area contributed by atoms with Gasteiger partial charge in [0.25, 0.3) is 0 Å². The third kappa shape index (κ3) is 5.59. The van der Waals surface area contributed by atoms with Crippen LogP contribution in [0.25, 0.3) is 16.9 Å². The number of halogens is 1. The molecule has 0 fully saturated rings. The van der Waals surface area contributed by atoms with Crippen LogP contribution < -0.4 is 10.1 Å². The smallest absolute Gasteiger partial charge is 0.234 e. The van der Waals surface area contributed by atoms with Crippen LogP contribution in [-0.4, -0.2) is 28.3 Å². The number of ether oxygens (including phenoxy) is 1. The Balaban J connectivity index is 1.57. The maximum absolute atomic E-state index is 12.6. The quantitative estimate of drug-likeness (QED) is 0.294. The van der Waals surface area contributed by atoms with E-state index in [1.807, 2.05) is 83.6 Å². The molecule has 0 aliphatic rings. The molecule has 5 nitrogen and oxygen atoms in total. The molecule has 4 rings (SSSR count). The van der Waals surface area contributed by atoms with E-state index in [1.165, 1.54) is 17.3 Å². The topological polar surface area (TPSA) is 56.2 Å². The molecule has 1 heterocycles. The van der Waals surface area contributed by atoms with Gasteiger partial charge >= 0.3 is 0 Å². The molecule has 0 bridgehead atoms. The van der Waals surface area contributed by atoms with E-state index in [0.29, 0.717) is 5.02 Å². The van der Waals surface area contributed by atoms with Crippen molar-refractivity contribution in [3.05, 3.63) is 89.6 Å². The number of carbonyl (C=O) groups is 1. The summed E-state index contributed by atoms with van der Waals surface area (Å²) in [6.45, 7) is 2.10. The van der Waals surface area contributed by atoms with Gasteiger partial charge in [0.05, 0.1) is 24.8 Å². The second-order valence-electron chi connectivity index (χ2n) is 7.35. The number of amides is 1. The molecule has 0 atom stereocenters. The van der Waals surface area contributed by atoms with Crippen molar-refractivity contribution in [1.82, 2.24) is 9.55 Å². The maximum atomic E-state index is 12.6. The first kappa shape index (κ1) is 23.0. The van der Waals surface area contributed by atoms with Crippen molar-refractivity contribution in [1.29, 1.82) is 0 Å². The number of methoxy groups -OCH3 is 1. The first-order valence-corrected chi connectivity index (χ1v) is 11.9. The number of imidazole rings is 1. The first-order valence-electron chi connectivity index (χ1n) is 10.6. The summed E-state index contributed by atoms with van der Waals surface area (Å²) in [6.07, 6.45) is 2.78. The molecule has 33 heavy (non-hydrogen) atoms. The zero-order chi connectivity index (χ0) is 23.2. The third-order valence-corrected chi connectivity index (χ3v) is 6.38. The van der Waals surface area contributed by atoms with Gasteiger partial charge in [0, 0.05) is 22.0 Å². The number of benzene rings is 3. The molecule has 0 unspecified atom stereocenters. The molecule has 168 valence electrons. The van der Waals surface area contributed by atoms with E-state index in [9.17, 15) is 4.79 Å². The summed E-state index contributed by atoms with van der Waals surface area (Å²) in [5, 5.41) is 4.35. The number of hydrogen-bond acceptors (Lipinski definition) is 4. The van der Waals surface area contributed by atoms with Crippen LogP contribution in [0.1, 0.15) is 12.5 Å². The Hall–Kier alpha value is -3.22. The number of nitrogens with zero attached hydrogens (tertiary/aromatic N) is 2. The minimum Gasteiger partial charge on any atom is -0.497 e. The summed E-state index contributed by atoms with van der Waals surface area (Å²) in [6, 6.07) is 23.3. The molecule has 0 aliphatic carbocycles. The number of nitrogens with one attached hydrogen (secondary N) is 1. The monoisotopic (exact) mass is 477 g/mol. The van der Waals surface area contributed by atoms with Crippen LogP contribution in [0.3, 0.4) is 0 Å². The molecule has 3 aromatic carbocycles. The fourth-order valence-corrected chi connectivity index (χ4v) is 4.31. The summed E-state index contributed by atoms with van der Waals surface area (Å²) in [4.78, 5) is 17.2. The van der Waals surface area contributed by atoms with Gasteiger partial charge in [-0.05, 0) is 60.5 Å².